The lowest BCUT2D eigenvalue weighted by Crippen LogP contribution is -2.53. The van der Waals surface area contributed by atoms with Gasteiger partial charge in [-0.05, 0) is 29.3 Å². The molecule has 0 unspecified atom stereocenters. The van der Waals surface area contributed by atoms with E-state index in [0.29, 0.717) is 24.3 Å². The third-order valence-corrected chi connectivity index (χ3v) is 5.68. The van der Waals surface area contributed by atoms with Gasteiger partial charge in [0.15, 0.2) is 5.82 Å². The highest BCUT2D eigenvalue weighted by molar-refractivity contribution is 5.93. The van der Waals surface area contributed by atoms with Crippen LogP contribution in [0.25, 0.3) is 22.2 Å². The molecule has 1 saturated heterocycles. The van der Waals surface area contributed by atoms with Gasteiger partial charge >= 0.3 is 0 Å². The molecule has 3 heterocycles. The Balaban J connectivity index is 1.89. The number of pyridine rings is 1. The number of aromatic nitrogens is 2. The highest BCUT2D eigenvalue weighted by atomic mass is 19.1. The van der Waals surface area contributed by atoms with Gasteiger partial charge in [-0.15, -0.1) is 0 Å². The minimum Gasteiger partial charge on any atom is -0.384 e. The number of rotatable bonds is 2. The molecule has 3 aromatic rings. The molecule has 27 heavy (non-hydrogen) atoms. The Bertz CT molecular complexity index is 984. The molecule has 1 fully saturated rings. The molecule has 0 amide bonds. The lowest BCUT2D eigenvalue weighted by molar-refractivity contribution is -0.0856. The fourth-order valence-corrected chi connectivity index (χ4v) is 4.17. The number of aromatic amines is 1. The van der Waals surface area contributed by atoms with Crippen LogP contribution in [0, 0.1) is 29.3 Å². The summed E-state index contributed by atoms with van der Waals surface area (Å²) in [6.45, 7) is 4.44. The van der Waals surface area contributed by atoms with Crippen molar-refractivity contribution in [1.82, 2.24) is 15.3 Å². The van der Waals surface area contributed by atoms with Gasteiger partial charge in [-0.3, -0.25) is 0 Å². The van der Waals surface area contributed by atoms with Crippen molar-refractivity contribution in [1.29, 1.82) is 0 Å². The summed E-state index contributed by atoms with van der Waals surface area (Å²) in [5.41, 5.74) is -1.12. The van der Waals surface area contributed by atoms with Gasteiger partial charge in [0.2, 0.25) is 0 Å². The van der Waals surface area contributed by atoms with Gasteiger partial charge in [-0.25, -0.2) is 18.2 Å². The van der Waals surface area contributed by atoms with E-state index in [1.165, 1.54) is 12.3 Å². The first-order chi connectivity index (χ1) is 12.8. The average molecular weight is 375 g/mol. The number of nitrogens with zero attached hydrogens (tertiary/aromatic N) is 1. The largest absolute Gasteiger partial charge is 0.384 e. The molecule has 4 nitrogen and oxygen atoms in total. The fourth-order valence-electron chi connectivity index (χ4n) is 4.17. The Morgan fingerprint density at radius 2 is 1.70 bits per heavy atom. The maximum absolute atomic E-state index is 15.1. The number of halogens is 3. The van der Waals surface area contributed by atoms with Crippen molar-refractivity contribution in [3.05, 3.63) is 53.6 Å². The minimum atomic E-state index is -1.62. The lowest BCUT2D eigenvalue weighted by atomic mass is 9.71. The zero-order chi connectivity index (χ0) is 19.3. The molecule has 0 radical (unpaired) electrons. The van der Waals surface area contributed by atoms with Gasteiger partial charge in [0.25, 0.3) is 0 Å². The van der Waals surface area contributed by atoms with E-state index in [2.05, 4.69) is 15.3 Å². The first-order valence-corrected chi connectivity index (χ1v) is 8.88. The van der Waals surface area contributed by atoms with Crippen LogP contribution < -0.4 is 5.32 Å². The summed E-state index contributed by atoms with van der Waals surface area (Å²) in [6, 6.07) is 3.82. The molecule has 1 aromatic carbocycles. The first kappa shape index (κ1) is 18.0. The summed E-state index contributed by atoms with van der Waals surface area (Å²) >= 11 is 0. The van der Waals surface area contributed by atoms with Crippen molar-refractivity contribution in [3.8, 4) is 11.1 Å². The summed E-state index contributed by atoms with van der Waals surface area (Å²) in [7, 11) is 0. The fraction of sp³-hybridized carbons (Fsp3) is 0.350. The number of piperidine rings is 1. The van der Waals surface area contributed by atoms with Crippen LogP contribution in [-0.2, 0) is 5.60 Å². The van der Waals surface area contributed by atoms with E-state index in [1.54, 1.807) is 13.8 Å². The third-order valence-electron chi connectivity index (χ3n) is 5.68. The molecule has 7 heteroatoms. The van der Waals surface area contributed by atoms with Crippen molar-refractivity contribution in [2.24, 2.45) is 11.8 Å². The Morgan fingerprint density at radius 3 is 2.33 bits per heavy atom. The predicted molar refractivity (Wildman–Crippen MR) is 96.5 cm³/mol. The summed E-state index contributed by atoms with van der Waals surface area (Å²) in [4.78, 5) is 6.71. The summed E-state index contributed by atoms with van der Waals surface area (Å²) < 4.78 is 44.2. The Morgan fingerprint density at radius 1 is 1.07 bits per heavy atom. The quantitative estimate of drug-likeness (QED) is 0.640. The van der Waals surface area contributed by atoms with Crippen LogP contribution in [0.4, 0.5) is 13.2 Å². The third kappa shape index (κ3) is 2.64. The van der Waals surface area contributed by atoms with E-state index in [9.17, 15) is 9.50 Å². The Kier molecular flexibility index (Phi) is 4.24. The number of aliphatic hydroxyl groups is 1. The van der Waals surface area contributed by atoms with Gasteiger partial charge in [0.05, 0.1) is 10.9 Å². The molecule has 2 aromatic heterocycles. The molecule has 142 valence electrons. The summed E-state index contributed by atoms with van der Waals surface area (Å²) in [5.74, 6) is -2.96. The molecule has 3 atom stereocenters. The summed E-state index contributed by atoms with van der Waals surface area (Å²) in [6.07, 6.45) is 2.60. The van der Waals surface area contributed by atoms with Gasteiger partial charge in [-0.2, -0.15) is 0 Å². The molecular formula is C20H20F3N3O. The molecule has 4 rings (SSSR count). The van der Waals surface area contributed by atoms with Gasteiger partial charge in [-0.1, -0.05) is 13.8 Å². The van der Waals surface area contributed by atoms with Gasteiger partial charge in [0, 0.05) is 37.3 Å². The number of nitrogens with one attached hydrogen (secondary N) is 2. The van der Waals surface area contributed by atoms with E-state index in [-0.39, 0.29) is 28.3 Å². The molecule has 0 saturated carbocycles. The summed E-state index contributed by atoms with van der Waals surface area (Å²) in [5, 5.41) is 14.5. The van der Waals surface area contributed by atoms with Crippen molar-refractivity contribution in [2.45, 2.75) is 19.4 Å². The van der Waals surface area contributed by atoms with E-state index in [4.69, 9.17) is 0 Å². The van der Waals surface area contributed by atoms with Crippen LogP contribution in [0.5, 0.6) is 0 Å². The standard InChI is InChI=1S/C20H20F3N3O/c1-10-7-24-8-11(2)20(10,27)18-14(21)5-12(6-15(18)22)13-3-4-25-19-17(13)16(23)9-26-19/h3-6,9-11,24,27H,7-8H2,1-2H3,(H,25,26)/t10-,11+,20-. The van der Waals surface area contributed by atoms with Crippen LogP contribution >= 0.6 is 0 Å². The molecule has 1 aliphatic rings. The second kappa shape index (κ2) is 6.35. The zero-order valence-corrected chi connectivity index (χ0v) is 15.0. The van der Waals surface area contributed by atoms with Crippen molar-refractivity contribution >= 4 is 11.0 Å². The zero-order valence-electron chi connectivity index (χ0n) is 15.0. The first-order valence-electron chi connectivity index (χ1n) is 8.88. The maximum Gasteiger partial charge on any atom is 0.150 e. The van der Waals surface area contributed by atoms with Crippen molar-refractivity contribution < 1.29 is 18.3 Å². The van der Waals surface area contributed by atoms with Gasteiger partial charge in [0.1, 0.15) is 22.9 Å². The maximum atomic E-state index is 15.1. The number of H-pyrrole nitrogens is 1. The minimum absolute atomic E-state index is 0.173. The molecule has 0 spiro atoms. The highest BCUT2D eigenvalue weighted by Gasteiger charge is 2.46. The van der Waals surface area contributed by atoms with Crippen LogP contribution in [0.15, 0.2) is 30.6 Å². The second-order valence-electron chi connectivity index (χ2n) is 7.32. The van der Waals surface area contributed by atoms with E-state index >= 15 is 8.78 Å². The van der Waals surface area contributed by atoms with Crippen LogP contribution in [-0.4, -0.2) is 28.2 Å². The molecule has 3 N–H and O–H groups in total. The Hall–Kier alpha value is -2.38. The second-order valence-corrected chi connectivity index (χ2v) is 7.32. The highest BCUT2D eigenvalue weighted by Crippen LogP contribution is 2.43. The van der Waals surface area contributed by atoms with Crippen molar-refractivity contribution in [3.63, 3.8) is 0 Å². The van der Waals surface area contributed by atoms with E-state index in [1.807, 2.05) is 0 Å². The van der Waals surface area contributed by atoms with Crippen LogP contribution in [0.2, 0.25) is 0 Å². The average Bonchev–Trinajstić information content (AvgIpc) is 3.00. The monoisotopic (exact) mass is 375 g/mol. The number of hydrogen-bond acceptors (Lipinski definition) is 3. The normalized spacial score (nSPS) is 25.9. The SMILES string of the molecule is C[C@@H]1CNC[C@H](C)[C@@]1(O)c1c(F)cc(-c2ccnc3[nH]cc(F)c23)cc1F. The van der Waals surface area contributed by atoms with Crippen LogP contribution in [0.1, 0.15) is 19.4 Å². The molecule has 0 bridgehead atoms. The predicted octanol–water partition coefficient (Wildman–Crippen LogP) is 3.71. The lowest BCUT2D eigenvalue weighted by Gasteiger charge is -2.44. The van der Waals surface area contributed by atoms with E-state index < -0.39 is 23.1 Å². The Labute approximate surface area is 154 Å². The number of fused-ring (bicyclic) bond motifs is 1. The smallest absolute Gasteiger partial charge is 0.150 e. The number of hydrogen-bond donors (Lipinski definition) is 3. The van der Waals surface area contributed by atoms with E-state index in [0.717, 1.165) is 18.3 Å². The molecule has 0 aliphatic carbocycles. The van der Waals surface area contributed by atoms with Gasteiger partial charge < -0.3 is 15.4 Å². The molecule has 1 aliphatic heterocycles. The van der Waals surface area contributed by atoms with Crippen LogP contribution in [0.3, 0.4) is 0 Å². The van der Waals surface area contributed by atoms with Crippen molar-refractivity contribution in [2.75, 3.05) is 13.1 Å². The number of benzene rings is 1. The molecular weight excluding hydrogens is 355 g/mol. The topological polar surface area (TPSA) is 60.9 Å².